The summed E-state index contributed by atoms with van der Waals surface area (Å²) in [6.07, 6.45) is 10.6. The fourth-order valence-corrected chi connectivity index (χ4v) is 3.87. The summed E-state index contributed by atoms with van der Waals surface area (Å²) in [5.74, 6) is 1.31. The van der Waals surface area contributed by atoms with Gasteiger partial charge in [-0.15, -0.1) is 0 Å². The molecule has 0 saturated heterocycles. The molecular formula is C24H22N4. The summed E-state index contributed by atoms with van der Waals surface area (Å²) in [5.41, 5.74) is 5.61. The van der Waals surface area contributed by atoms with Gasteiger partial charge in [-0.3, -0.25) is 15.0 Å². The van der Waals surface area contributed by atoms with Crippen LogP contribution in [0.15, 0.2) is 61.1 Å². The molecule has 0 bridgehead atoms. The Balaban J connectivity index is 1.60. The van der Waals surface area contributed by atoms with Crippen molar-refractivity contribution in [2.24, 2.45) is 11.8 Å². The molecule has 0 radical (unpaired) electrons. The van der Waals surface area contributed by atoms with Gasteiger partial charge in [-0.05, 0) is 36.5 Å². The zero-order chi connectivity index (χ0) is 19.5. The summed E-state index contributed by atoms with van der Waals surface area (Å²) < 4.78 is 0. The SMILES string of the molecule is C[C@H]1[C@H](/C=C/c2ccc(-c3ccccc3C#N)cn2)c2nccnc2C[C@@H]1C. The van der Waals surface area contributed by atoms with E-state index in [2.05, 4.69) is 47.0 Å². The van der Waals surface area contributed by atoms with Crippen LogP contribution in [0.25, 0.3) is 17.2 Å². The molecular weight excluding hydrogens is 344 g/mol. The quantitative estimate of drug-likeness (QED) is 0.652. The number of rotatable bonds is 3. The zero-order valence-electron chi connectivity index (χ0n) is 16.1. The molecule has 3 aromatic rings. The van der Waals surface area contributed by atoms with Crippen molar-refractivity contribution in [1.82, 2.24) is 15.0 Å². The van der Waals surface area contributed by atoms with Gasteiger partial charge in [0.25, 0.3) is 0 Å². The Morgan fingerprint density at radius 3 is 2.64 bits per heavy atom. The predicted molar refractivity (Wildman–Crippen MR) is 110 cm³/mol. The minimum Gasteiger partial charge on any atom is -0.258 e. The Kier molecular flexibility index (Phi) is 4.99. The van der Waals surface area contributed by atoms with E-state index in [1.54, 1.807) is 12.4 Å². The smallest absolute Gasteiger partial charge is 0.0998 e. The molecule has 0 N–H and O–H groups in total. The second-order valence-electron chi connectivity index (χ2n) is 7.44. The van der Waals surface area contributed by atoms with Crippen molar-refractivity contribution >= 4 is 6.08 Å². The van der Waals surface area contributed by atoms with E-state index in [1.807, 2.05) is 42.6 Å². The van der Waals surface area contributed by atoms with Crippen molar-refractivity contribution in [3.8, 4) is 17.2 Å². The molecule has 2 heterocycles. The first kappa shape index (κ1) is 18.1. The average molecular weight is 366 g/mol. The lowest BCUT2D eigenvalue weighted by Crippen LogP contribution is -2.26. The summed E-state index contributed by atoms with van der Waals surface area (Å²) in [6.45, 7) is 4.56. The van der Waals surface area contributed by atoms with E-state index in [0.29, 0.717) is 17.4 Å². The van der Waals surface area contributed by atoms with Crippen molar-refractivity contribution in [1.29, 1.82) is 5.26 Å². The van der Waals surface area contributed by atoms with Crippen LogP contribution in [0.2, 0.25) is 0 Å². The highest BCUT2D eigenvalue weighted by atomic mass is 14.8. The van der Waals surface area contributed by atoms with E-state index in [9.17, 15) is 5.26 Å². The fraction of sp³-hybridized carbons (Fsp3) is 0.250. The molecule has 4 nitrogen and oxygen atoms in total. The van der Waals surface area contributed by atoms with Crippen LogP contribution in [-0.2, 0) is 6.42 Å². The van der Waals surface area contributed by atoms with E-state index in [1.165, 1.54) is 0 Å². The average Bonchev–Trinajstić information content (AvgIpc) is 2.74. The topological polar surface area (TPSA) is 62.5 Å². The monoisotopic (exact) mass is 366 g/mol. The lowest BCUT2D eigenvalue weighted by molar-refractivity contribution is 0.322. The lowest BCUT2D eigenvalue weighted by Gasteiger charge is -2.32. The Morgan fingerprint density at radius 2 is 1.86 bits per heavy atom. The maximum atomic E-state index is 9.30. The van der Waals surface area contributed by atoms with Crippen LogP contribution in [-0.4, -0.2) is 15.0 Å². The molecule has 4 heteroatoms. The number of hydrogen-bond donors (Lipinski definition) is 0. The number of aromatic nitrogens is 3. The summed E-state index contributed by atoms with van der Waals surface area (Å²) in [7, 11) is 0. The van der Waals surface area contributed by atoms with Crippen molar-refractivity contribution in [2.75, 3.05) is 0 Å². The van der Waals surface area contributed by atoms with Crippen molar-refractivity contribution in [2.45, 2.75) is 26.2 Å². The van der Waals surface area contributed by atoms with Crippen LogP contribution in [0.3, 0.4) is 0 Å². The van der Waals surface area contributed by atoms with Gasteiger partial charge in [0.1, 0.15) is 0 Å². The van der Waals surface area contributed by atoms with Gasteiger partial charge < -0.3 is 0 Å². The molecule has 3 atom stereocenters. The molecule has 1 aliphatic carbocycles. The number of nitrogens with zero attached hydrogens (tertiary/aromatic N) is 4. The Hall–Kier alpha value is -3.32. The number of fused-ring (bicyclic) bond motifs is 1. The number of pyridine rings is 1. The van der Waals surface area contributed by atoms with E-state index < -0.39 is 0 Å². The molecule has 2 aromatic heterocycles. The maximum absolute atomic E-state index is 9.30. The third kappa shape index (κ3) is 3.44. The molecule has 1 aromatic carbocycles. The van der Waals surface area contributed by atoms with E-state index >= 15 is 0 Å². The molecule has 28 heavy (non-hydrogen) atoms. The summed E-state index contributed by atoms with van der Waals surface area (Å²) in [5, 5.41) is 9.30. The molecule has 4 rings (SSSR count). The molecule has 1 aliphatic rings. The van der Waals surface area contributed by atoms with Gasteiger partial charge in [-0.1, -0.05) is 44.2 Å². The first-order valence-electron chi connectivity index (χ1n) is 9.61. The van der Waals surface area contributed by atoms with Crippen LogP contribution in [0.5, 0.6) is 0 Å². The van der Waals surface area contributed by atoms with Gasteiger partial charge in [0.05, 0.1) is 28.7 Å². The number of benzene rings is 1. The Labute approximate surface area is 165 Å². The second-order valence-corrected chi connectivity index (χ2v) is 7.44. The summed E-state index contributed by atoms with van der Waals surface area (Å²) in [4.78, 5) is 13.7. The first-order valence-corrected chi connectivity index (χ1v) is 9.61. The van der Waals surface area contributed by atoms with Gasteiger partial charge in [-0.2, -0.15) is 5.26 Å². The highest BCUT2D eigenvalue weighted by Gasteiger charge is 2.31. The fourth-order valence-electron chi connectivity index (χ4n) is 3.87. The molecule has 0 amide bonds. The van der Waals surface area contributed by atoms with Gasteiger partial charge in [0.15, 0.2) is 0 Å². The number of allylic oxidation sites excluding steroid dienone is 1. The minimum absolute atomic E-state index is 0.244. The molecule has 0 fully saturated rings. The van der Waals surface area contributed by atoms with Crippen LogP contribution < -0.4 is 0 Å². The van der Waals surface area contributed by atoms with Crippen molar-refractivity contribution in [3.05, 3.63) is 83.7 Å². The third-order valence-electron chi connectivity index (χ3n) is 5.72. The van der Waals surface area contributed by atoms with E-state index in [0.717, 1.165) is 34.6 Å². The maximum Gasteiger partial charge on any atom is 0.0998 e. The first-order chi connectivity index (χ1) is 13.7. The summed E-state index contributed by atoms with van der Waals surface area (Å²) in [6, 6.07) is 13.8. The molecule has 0 saturated carbocycles. The van der Waals surface area contributed by atoms with Gasteiger partial charge >= 0.3 is 0 Å². The Morgan fingerprint density at radius 1 is 1.04 bits per heavy atom. The Bertz CT molecular complexity index is 1050. The highest BCUT2D eigenvalue weighted by molar-refractivity contribution is 5.70. The molecule has 138 valence electrons. The molecule has 0 aliphatic heterocycles. The predicted octanol–water partition coefficient (Wildman–Crippen LogP) is 5.04. The van der Waals surface area contributed by atoms with Crippen molar-refractivity contribution < 1.29 is 0 Å². The van der Waals surface area contributed by atoms with Gasteiger partial charge in [0.2, 0.25) is 0 Å². The van der Waals surface area contributed by atoms with Crippen LogP contribution in [0.4, 0.5) is 0 Å². The van der Waals surface area contributed by atoms with E-state index in [-0.39, 0.29) is 5.92 Å². The van der Waals surface area contributed by atoms with Crippen LogP contribution in [0.1, 0.15) is 42.4 Å². The van der Waals surface area contributed by atoms with Crippen LogP contribution >= 0.6 is 0 Å². The van der Waals surface area contributed by atoms with E-state index in [4.69, 9.17) is 0 Å². The van der Waals surface area contributed by atoms with Crippen molar-refractivity contribution in [3.63, 3.8) is 0 Å². The van der Waals surface area contributed by atoms with Gasteiger partial charge in [-0.25, -0.2) is 0 Å². The number of nitriles is 1. The van der Waals surface area contributed by atoms with Crippen LogP contribution in [0, 0.1) is 23.2 Å². The lowest BCUT2D eigenvalue weighted by atomic mass is 9.74. The standard InChI is InChI=1S/C24H22N4/c1-16-13-23-24(27-12-11-26-23)21(17(16)2)10-9-20-8-7-19(15-28-20)22-6-4-3-5-18(22)14-25/h3-12,15-17,21H,13H2,1-2H3/b10-9+/t16-,17+,21-/m0/s1. The second kappa shape index (κ2) is 7.74. The number of hydrogen-bond acceptors (Lipinski definition) is 4. The normalized spacial score (nSPS) is 21.2. The molecule has 0 unspecified atom stereocenters. The third-order valence-corrected chi connectivity index (χ3v) is 5.72. The zero-order valence-corrected chi connectivity index (χ0v) is 16.1. The minimum atomic E-state index is 0.244. The highest BCUT2D eigenvalue weighted by Crippen LogP contribution is 2.38. The largest absolute Gasteiger partial charge is 0.258 e. The molecule has 0 spiro atoms. The van der Waals surface area contributed by atoms with Gasteiger partial charge in [0, 0.05) is 35.6 Å². The summed E-state index contributed by atoms with van der Waals surface area (Å²) >= 11 is 0.